The average Bonchev–Trinajstić information content (AvgIpc) is 3.07. The largest absolute Gasteiger partial charge is 0.355 e. The van der Waals surface area contributed by atoms with E-state index in [1.807, 2.05) is 12.1 Å². The number of hydrogen-bond acceptors (Lipinski definition) is 5. The molecule has 2 aromatic heterocycles. The molecule has 0 fully saturated rings. The van der Waals surface area contributed by atoms with Crippen molar-refractivity contribution >= 4 is 39.2 Å². The van der Waals surface area contributed by atoms with Gasteiger partial charge in [-0.2, -0.15) is 0 Å². The van der Waals surface area contributed by atoms with Crippen molar-refractivity contribution in [3.05, 3.63) is 56.2 Å². The second-order valence-electron chi connectivity index (χ2n) is 7.08. The summed E-state index contributed by atoms with van der Waals surface area (Å²) in [5.41, 5.74) is 3.59. The molecule has 0 spiro atoms. The third kappa shape index (κ3) is 4.15. The maximum atomic E-state index is 12.5. The molecule has 2 heterocycles. The van der Waals surface area contributed by atoms with Crippen LogP contribution in [0, 0.1) is 6.92 Å². The number of amides is 1. The van der Waals surface area contributed by atoms with Crippen molar-refractivity contribution in [2.75, 3.05) is 12.3 Å². The molecule has 2 N–H and O–H groups in total. The quantitative estimate of drug-likeness (QED) is 0.478. The third-order valence-electron chi connectivity index (χ3n) is 5.12. The van der Waals surface area contributed by atoms with Crippen LogP contribution in [-0.4, -0.2) is 28.2 Å². The Bertz CT molecular complexity index is 1070. The summed E-state index contributed by atoms with van der Waals surface area (Å²) >= 11 is 2.91. The summed E-state index contributed by atoms with van der Waals surface area (Å²) in [4.78, 5) is 34.2. The zero-order chi connectivity index (χ0) is 19.5. The molecule has 28 heavy (non-hydrogen) atoms. The summed E-state index contributed by atoms with van der Waals surface area (Å²) in [5.74, 6) is 0.194. The molecule has 1 aromatic carbocycles. The Balaban J connectivity index is 1.35. The second kappa shape index (κ2) is 8.49. The predicted octanol–water partition coefficient (Wildman–Crippen LogP) is 3.62. The van der Waals surface area contributed by atoms with E-state index in [1.54, 1.807) is 11.3 Å². The number of hydrogen-bond donors (Lipinski definition) is 2. The molecule has 5 nitrogen and oxygen atoms in total. The van der Waals surface area contributed by atoms with Crippen molar-refractivity contribution in [1.82, 2.24) is 15.3 Å². The van der Waals surface area contributed by atoms with Gasteiger partial charge in [-0.15, -0.1) is 11.3 Å². The number of aromatic nitrogens is 2. The summed E-state index contributed by atoms with van der Waals surface area (Å²) in [6.07, 6.45) is 5.14. The van der Waals surface area contributed by atoms with Crippen LogP contribution in [0.15, 0.2) is 34.2 Å². The van der Waals surface area contributed by atoms with Crippen molar-refractivity contribution < 1.29 is 4.79 Å². The number of nitrogens with one attached hydrogen (secondary N) is 2. The van der Waals surface area contributed by atoms with Crippen LogP contribution in [0.4, 0.5) is 0 Å². The molecule has 0 radical (unpaired) electrons. The molecule has 7 heteroatoms. The van der Waals surface area contributed by atoms with Crippen molar-refractivity contribution in [3.63, 3.8) is 0 Å². The molecule has 0 bridgehead atoms. The Morgan fingerprint density at radius 3 is 2.96 bits per heavy atom. The van der Waals surface area contributed by atoms with Gasteiger partial charge in [0.05, 0.1) is 11.1 Å². The Hall–Kier alpha value is -2.12. The molecule has 0 saturated carbocycles. The summed E-state index contributed by atoms with van der Waals surface area (Å²) < 4.78 is 0. The Labute approximate surface area is 172 Å². The van der Waals surface area contributed by atoms with Gasteiger partial charge in [-0.25, -0.2) is 4.98 Å². The number of aromatic amines is 1. The predicted molar refractivity (Wildman–Crippen MR) is 115 cm³/mol. The molecule has 0 aliphatic heterocycles. The number of rotatable bonds is 6. The number of H-pyrrole nitrogens is 1. The van der Waals surface area contributed by atoms with Crippen LogP contribution < -0.4 is 10.9 Å². The Morgan fingerprint density at radius 2 is 2.11 bits per heavy atom. The first-order valence-corrected chi connectivity index (χ1v) is 11.4. The van der Waals surface area contributed by atoms with Crippen LogP contribution in [0.2, 0.25) is 0 Å². The molecule has 146 valence electrons. The molecule has 0 unspecified atom stereocenters. The van der Waals surface area contributed by atoms with Gasteiger partial charge >= 0.3 is 0 Å². The van der Waals surface area contributed by atoms with E-state index >= 15 is 0 Å². The number of aryl methyl sites for hydroxylation is 3. The second-order valence-corrected chi connectivity index (χ2v) is 9.12. The zero-order valence-corrected chi connectivity index (χ0v) is 17.5. The highest BCUT2D eigenvalue weighted by molar-refractivity contribution is 7.99. The van der Waals surface area contributed by atoms with Gasteiger partial charge in [-0.05, 0) is 55.7 Å². The lowest BCUT2D eigenvalue weighted by Crippen LogP contribution is -2.27. The van der Waals surface area contributed by atoms with Gasteiger partial charge in [0.25, 0.3) is 5.56 Å². The van der Waals surface area contributed by atoms with E-state index in [1.165, 1.54) is 39.8 Å². The molecule has 1 aliphatic rings. The number of nitrogens with zero attached hydrogens (tertiary/aromatic N) is 1. The lowest BCUT2D eigenvalue weighted by atomic mass is 9.97. The highest BCUT2D eigenvalue weighted by Gasteiger charge is 2.20. The third-order valence-corrected chi connectivity index (χ3v) is 7.18. The number of thioether (sulfide) groups is 1. The average molecular weight is 414 g/mol. The van der Waals surface area contributed by atoms with Crippen LogP contribution in [0.3, 0.4) is 0 Å². The lowest BCUT2D eigenvalue weighted by Gasteiger charge is -2.09. The SMILES string of the molecule is Cc1ccccc1CCNC(=O)CSc1nc2sc3c(c2c(=O)[nH]1)CCCC3. The van der Waals surface area contributed by atoms with E-state index < -0.39 is 0 Å². The minimum absolute atomic E-state index is 0.0493. The monoisotopic (exact) mass is 413 g/mol. The number of benzene rings is 1. The van der Waals surface area contributed by atoms with E-state index in [2.05, 4.69) is 34.3 Å². The van der Waals surface area contributed by atoms with Gasteiger partial charge in [-0.3, -0.25) is 9.59 Å². The van der Waals surface area contributed by atoms with Crippen molar-refractivity contribution in [2.24, 2.45) is 0 Å². The van der Waals surface area contributed by atoms with Gasteiger partial charge in [0, 0.05) is 11.4 Å². The fourth-order valence-electron chi connectivity index (χ4n) is 3.62. The van der Waals surface area contributed by atoms with Crippen molar-refractivity contribution in [1.29, 1.82) is 0 Å². The van der Waals surface area contributed by atoms with Gasteiger partial charge in [0.2, 0.25) is 5.91 Å². The molecule has 0 atom stereocenters. The van der Waals surface area contributed by atoms with E-state index in [0.29, 0.717) is 11.7 Å². The summed E-state index contributed by atoms with van der Waals surface area (Å²) in [5, 5.41) is 4.22. The Morgan fingerprint density at radius 1 is 1.29 bits per heavy atom. The minimum Gasteiger partial charge on any atom is -0.355 e. The highest BCUT2D eigenvalue weighted by Crippen LogP contribution is 2.34. The summed E-state index contributed by atoms with van der Waals surface area (Å²) in [6.45, 7) is 2.68. The van der Waals surface area contributed by atoms with E-state index in [0.717, 1.165) is 35.9 Å². The van der Waals surface area contributed by atoms with Gasteiger partial charge in [0.1, 0.15) is 4.83 Å². The van der Waals surface area contributed by atoms with Crippen LogP contribution in [-0.2, 0) is 24.1 Å². The number of carbonyl (C=O) groups excluding carboxylic acids is 1. The first-order chi connectivity index (χ1) is 13.6. The van der Waals surface area contributed by atoms with Crippen LogP contribution >= 0.6 is 23.1 Å². The first-order valence-electron chi connectivity index (χ1n) is 9.60. The lowest BCUT2D eigenvalue weighted by molar-refractivity contribution is -0.118. The standard InChI is InChI=1S/C21H23N3O2S2/c1-13-6-2-3-7-14(13)10-11-22-17(25)12-27-21-23-19(26)18-15-8-4-5-9-16(15)28-20(18)24-21/h2-3,6-7H,4-5,8-12H2,1H3,(H,22,25)(H,23,24,26). The molecule has 0 saturated heterocycles. The molecule has 1 amide bonds. The topological polar surface area (TPSA) is 74.8 Å². The fourth-order valence-corrected chi connectivity index (χ4v) is 5.64. The number of thiophene rings is 1. The van der Waals surface area contributed by atoms with Gasteiger partial charge < -0.3 is 10.3 Å². The minimum atomic E-state index is -0.0770. The van der Waals surface area contributed by atoms with E-state index in [-0.39, 0.29) is 17.2 Å². The van der Waals surface area contributed by atoms with Gasteiger partial charge in [0.15, 0.2) is 5.16 Å². The van der Waals surface area contributed by atoms with Crippen LogP contribution in [0.1, 0.15) is 34.4 Å². The van der Waals surface area contributed by atoms with Gasteiger partial charge in [-0.1, -0.05) is 36.0 Å². The van der Waals surface area contributed by atoms with Crippen LogP contribution in [0.25, 0.3) is 10.2 Å². The van der Waals surface area contributed by atoms with Crippen LogP contribution in [0.5, 0.6) is 0 Å². The van der Waals surface area contributed by atoms with E-state index in [9.17, 15) is 9.59 Å². The molecule has 3 aromatic rings. The maximum Gasteiger partial charge on any atom is 0.260 e. The first kappa shape index (κ1) is 19.2. The Kier molecular flexibility index (Phi) is 5.82. The zero-order valence-electron chi connectivity index (χ0n) is 15.8. The number of fused-ring (bicyclic) bond motifs is 3. The fraction of sp³-hybridized carbons (Fsp3) is 0.381. The molecular formula is C21H23N3O2S2. The highest BCUT2D eigenvalue weighted by atomic mass is 32.2. The summed E-state index contributed by atoms with van der Waals surface area (Å²) in [6, 6.07) is 8.19. The smallest absolute Gasteiger partial charge is 0.260 e. The summed E-state index contributed by atoms with van der Waals surface area (Å²) in [7, 11) is 0. The maximum absolute atomic E-state index is 12.5. The molecular weight excluding hydrogens is 390 g/mol. The van der Waals surface area contributed by atoms with E-state index in [4.69, 9.17) is 0 Å². The number of carbonyl (C=O) groups is 1. The van der Waals surface area contributed by atoms with Crippen molar-refractivity contribution in [2.45, 2.75) is 44.2 Å². The normalized spacial score (nSPS) is 13.5. The molecule has 4 rings (SSSR count). The molecule has 1 aliphatic carbocycles. The van der Waals surface area contributed by atoms with Crippen molar-refractivity contribution in [3.8, 4) is 0 Å².